The second-order valence-electron chi connectivity index (χ2n) is 4.00. The lowest BCUT2D eigenvalue weighted by molar-refractivity contribution is 0.425. The van der Waals surface area contributed by atoms with E-state index in [0.717, 1.165) is 18.7 Å². The Bertz CT molecular complexity index is 489. The molecule has 1 aromatic carbocycles. The summed E-state index contributed by atoms with van der Waals surface area (Å²) in [6.45, 7) is 1.02. The zero-order valence-electron chi connectivity index (χ0n) is 8.74. The summed E-state index contributed by atoms with van der Waals surface area (Å²) in [5.74, 6) is 1.08. The van der Waals surface area contributed by atoms with Gasteiger partial charge >= 0.3 is 0 Å². The average Bonchev–Trinajstić information content (AvgIpc) is 2.78. The molecule has 0 aliphatic carbocycles. The summed E-state index contributed by atoms with van der Waals surface area (Å²) in [6, 6.07) is 10.9. The van der Waals surface area contributed by atoms with Crippen LogP contribution in [-0.2, 0) is 6.42 Å². The number of rotatable bonds is 1. The molecule has 0 amide bonds. The van der Waals surface area contributed by atoms with Gasteiger partial charge in [0.2, 0.25) is 0 Å². The molecule has 1 unspecified atom stereocenters. The van der Waals surface area contributed by atoms with Gasteiger partial charge in [0, 0.05) is 10.1 Å². The molecule has 1 aliphatic rings. The number of hydrogen-bond donors (Lipinski definition) is 1. The molecule has 0 radical (unpaired) electrons. The van der Waals surface area contributed by atoms with Crippen LogP contribution in [0.5, 0.6) is 0 Å². The number of halogens is 1. The number of hydrogen-bond acceptors (Lipinski definition) is 2. The maximum atomic E-state index is 5.59. The van der Waals surface area contributed by atoms with Crippen molar-refractivity contribution in [2.45, 2.75) is 12.5 Å². The van der Waals surface area contributed by atoms with Crippen LogP contribution in [0.2, 0.25) is 0 Å². The van der Waals surface area contributed by atoms with Crippen LogP contribution in [0.4, 0.5) is 0 Å². The van der Waals surface area contributed by atoms with Crippen molar-refractivity contribution in [3.63, 3.8) is 0 Å². The monoisotopic (exact) mass is 325 g/mol. The molecule has 3 rings (SSSR count). The summed E-state index contributed by atoms with van der Waals surface area (Å²) in [4.78, 5) is 0. The zero-order chi connectivity index (χ0) is 11.0. The summed E-state index contributed by atoms with van der Waals surface area (Å²) in [6.07, 6.45) is 2.85. The molecule has 0 bridgehead atoms. The molecular weight excluding hydrogens is 313 g/mol. The molecule has 1 aliphatic heterocycles. The smallest absolute Gasteiger partial charge is 0.128 e. The fourth-order valence-corrected chi connectivity index (χ4v) is 2.54. The van der Waals surface area contributed by atoms with Gasteiger partial charge in [-0.05, 0) is 58.3 Å². The third-order valence-electron chi connectivity index (χ3n) is 2.99. The van der Waals surface area contributed by atoms with Crippen LogP contribution in [0, 0.1) is 3.57 Å². The highest BCUT2D eigenvalue weighted by Crippen LogP contribution is 2.29. The molecule has 3 heteroatoms. The van der Waals surface area contributed by atoms with Crippen LogP contribution in [0.3, 0.4) is 0 Å². The van der Waals surface area contributed by atoms with Crippen LogP contribution in [-0.4, -0.2) is 6.54 Å². The third kappa shape index (κ3) is 1.78. The predicted molar refractivity (Wildman–Crippen MR) is 71.4 cm³/mol. The molecule has 2 aromatic rings. The standard InChI is InChI=1S/C13H12INO/c14-11-3-1-9(2-4-11)12-13-10(5-7-15-12)6-8-16-13/h1-4,6,8,12,15H,5,7H2. The summed E-state index contributed by atoms with van der Waals surface area (Å²) in [5, 5.41) is 3.50. The van der Waals surface area contributed by atoms with E-state index in [9.17, 15) is 0 Å². The Hall–Kier alpha value is -0.810. The van der Waals surface area contributed by atoms with Gasteiger partial charge in [-0.3, -0.25) is 0 Å². The first-order valence-corrected chi connectivity index (χ1v) is 6.47. The fourth-order valence-electron chi connectivity index (χ4n) is 2.18. The van der Waals surface area contributed by atoms with Crippen LogP contribution in [0.1, 0.15) is 22.9 Å². The molecule has 1 aromatic heterocycles. The SMILES string of the molecule is Ic1ccc(C2NCCc3ccoc32)cc1. The van der Waals surface area contributed by atoms with Crippen molar-refractivity contribution in [1.82, 2.24) is 5.32 Å². The molecule has 82 valence electrons. The Labute approximate surface area is 108 Å². The van der Waals surface area contributed by atoms with E-state index in [1.54, 1.807) is 6.26 Å². The van der Waals surface area contributed by atoms with Crippen LogP contribution in [0.25, 0.3) is 0 Å². The van der Waals surface area contributed by atoms with E-state index in [2.05, 4.69) is 58.2 Å². The molecule has 0 saturated carbocycles. The van der Waals surface area contributed by atoms with Crippen molar-refractivity contribution in [3.05, 3.63) is 57.1 Å². The number of nitrogens with one attached hydrogen (secondary N) is 1. The number of fused-ring (bicyclic) bond motifs is 1. The van der Waals surface area contributed by atoms with Gasteiger partial charge < -0.3 is 9.73 Å². The summed E-state index contributed by atoms with van der Waals surface area (Å²) in [7, 11) is 0. The van der Waals surface area contributed by atoms with Crippen LogP contribution < -0.4 is 5.32 Å². The maximum Gasteiger partial charge on any atom is 0.128 e. The van der Waals surface area contributed by atoms with Crippen molar-refractivity contribution in [2.75, 3.05) is 6.54 Å². The van der Waals surface area contributed by atoms with E-state index >= 15 is 0 Å². The van der Waals surface area contributed by atoms with Gasteiger partial charge in [-0.2, -0.15) is 0 Å². The minimum absolute atomic E-state index is 0.218. The van der Waals surface area contributed by atoms with Gasteiger partial charge in [0.1, 0.15) is 5.76 Å². The third-order valence-corrected chi connectivity index (χ3v) is 3.71. The molecule has 2 heterocycles. The fraction of sp³-hybridized carbons (Fsp3) is 0.231. The van der Waals surface area contributed by atoms with Gasteiger partial charge in [-0.25, -0.2) is 0 Å². The maximum absolute atomic E-state index is 5.59. The first kappa shape index (κ1) is 10.4. The largest absolute Gasteiger partial charge is 0.467 e. The predicted octanol–water partition coefficient (Wildman–Crippen LogP) is 3.12. The lowest BCUT2D eigenvalue weighted by Crippen LogP contribution is -2.29. The van der Waals surface area contributed by atoms with E-state index in [1.165, 1.54) is 14.7 Å². The quantitative estimate of drug-likeness (QED) is 0.815. The topological polar surface area (TPSA) is 25.2 Å². The van der Waals surface area contributed by atoms with Crippen molar-refractivity contribution in [3.8, 4) is 0 Å². The highest BCUT2D eigenvalue weighted by Gasteiger charge is 2.23. The summed E-state index contributed by atoms with van der Waals surface area (Å²) >= 11 is 2.32. The second kappa shape index (κ2) is 4.22. The van der Waals surface area contributed by atoms with Gasteiger partial charge in [0.25, 0.3) is 0 Å². The zero-order valence-corrected chi connectivity index (χ0v) is 10.9. The van der Waals surface area contributed by atoms with E-state index < -0.39 is 0 Å². The average molecular weight is 325 g/mol. The molecule has 1 N–H and O–H groups in total. The van der Waals surface area contributed by atoms with Gasteiger partial charge in [-0.1, -0.05) is 12.1 Å². The molecule has 0 spiro atoms. The van der Waals surface area contributed by atoms with E-state index in [0.29, 0.717) is 0 Å². The first-order valence-electron chi connectivity index (χ1n) is 5.40. The Balaban J connectivity index is 2.00. The van der Waals surface area contributed by atoms with Crippen molar-refractivity contribution in [1.29, 1.82) is 0 Å². The molecular formula is C13H12INO. The Kier molecular flexibility index (Phi) is 2.73. The van der Waals surface area contributed by atoms with E-state index in [4.69, 9.17) is 4.42 Å². The molecule has 0 fully saturated rings. The normalized spacial score (nSPS) is 19.4. The van der Waals surface area contributed by atoms with Crippen LogP contribution in [0.15, 0.2) is 41.0 Å². The Morgan fingerprint density at radius 1 is 1.19 bits per heavy atom. The highest BCUT2D eigenvalue weighted by atomic mass is 127. The van der Waals surface area contributed by atoms with E-state index in [1.807, 2.05) is 0 Å². The summed E-state index contributed by atoms with van der Waals surface area (Å²) in [5.41, 5.74) is 2.61. The molecule has 0 saturated heterocycles. The minimum Gasteiger partial charge on any atom is -0.467 e. The van der Waals surface area contributed by atoms with E-state index in [-0.39, 0.29) is 6.04 Å². The Morgan fingerprint density at radius 2 is 2.00 bits per heavy atom. The number of furan rings is 1. The molecule has 16 heavy (non-hydrogen) atoms. The molecule has 1 atom stereocenters. The van der Waals surface area contributed by atoms with Gasteiger partial charge in [0.05, 0.1) is 12.3 Å². The molecule has 2 nitrogen and oxygen atoms in total. The lowest BCUT2D eigenvalue weighted by atomic mass is 9.97. The van der Waals surface area contributed by atoms with Crippen molar-refractivity contribution in [2.24, 2.45) is 0 Å². The van der Waals surface area contributed by atoms with Gasteiger partial charge in [-0.15, -0.1) is 0 Å². The minimum atomic E-state index is 0.218. The lowest BCUT2D eigenvalue weighted by Gasteiger charge is -2.23. The van der Waals surface area contributed by atoms with Crippen LogP contribution >= 0.6 is 22.6 Å². The highest BCUT2D eigenvalue weighted by molar-refractivity contribution is 14.1. The second-order valence-corrected chi connectivity index (χ2v) is 5.24. The Morgan fingerprint density at radius 3 is 2.81 bits per heavy atom. The summed E-state index contributed by atoms with van der Waals surface area (Å²) < 4.78 is 6.85. The van der Waals surface area contributed by atoms with Crippen molar-refractivity contribution < 1.29 is 4.42 Å². The van der Waals surface area contributed by atoms with Gasteiger partial charge in [0.15, 0.2) is 0 Å². The first-order chi connectivity index (χ1) is 7.84. The number of benzene rings is 1. The van der Waals surface area contributed by atoms with Crippen molar-refractivity contribution >= 4 is 22.6 Å².